The van der Waals surface area contributed by atoms with Crippen LogP contribution >= 0.6 is 0 Å². The topological polar surface area (TPSA) is 72.3 Å². The molecule has 1 aliphatic heterocycles. The van der Waals surface area contributed by atoms with E-state index < -0.39 is 0 Å². The summed E-state index contributed by atoms with van der Waals surface area (Å²) in [4.78, 5) is 18.9. The number of pyridine rings is 1. The van der Waals surface area contributed by atoms with E-state index in [1.165, 1.54) is 12.8 Å². The number of nitrogens with one attached hydrogen (secondary N) is 1. The minimum atomic E-state index is -0.0540. The van der Waals surface area contributed by atoms with Crippen LogP contribution in [0.3, 0.4) is 0 Å². The molecule has 0 unspecified atom stereocenters. The fourth-order valence-electron chi connectivity index (χ4n) is 3.84. The fraction of sp³-hybridized carbons (Fsp3) is 0.526. The lowest BCUT2D eigenvalue weighted by atomic mass is 10.1. The fourth-order valence-corrected chi connectivity index (χ4v) is 3.84. The summed E-state index contributed by atoms with van der Waals surface area (Å²) in [6.45, 7) is 1.48. The molecule has 7 nitrogen and oxygen atoms in total. The molecule has 1 saturated heterocycles. The van der Waals surface area contributed by atoms with Crippen LogP contribution in [0.2, 0.25) is 0 Å². The van der Waals surface area contributed by atoms with Crippen LogP contribution in [0.5, 0.6) is 0 Å². The number of carbonyl (C=O) groups is 1. The van der Waals surface area contributed by atoms with Gasteiger partial charge in [0.15, 0.2) is 0 Å². The largest absolute Gasteiger partial charge is 0.376 e. The van der Waals surface area contributed by atoms with Gasteiger partial charge in [0.2, 0.25) is 0 Å². The van der Waals surface area contributed by atoms with Crippen LogP contribution < -0.4 is 5.32 Å². The quantitative estimate of drug-likeness (QED) is 0.894. The molecule has 2 aliphatic rings. The first-order valence-corrected chi connectivity index (χ1v) is 9.44. The molecule has 7 heteroatoms. The highest BCUT2D eigenvalue weighted by molar-refractivity contribution is 5.89. The van der Waals surface area contributed by atoms with E-state index in [2.05, 4.69) is 15.4 Å². The van der Waals surface area contributed by atoms with Gasteiger partial charge in [-0.15, -0.1) is 0 Å². The van der Waals surface area contributed by atoms with E-state index in [0.29, 0.717) is 18.3 Å². The molecule has 4 rings (SSSR count). The Kier molecular flexibility index (Phi) is 5.15. The Labute approximate surface area is 153 Å². The summed E-state index contributed by atoms with van der Waals surface area (Å²) in [5.74, 6) is 0. The summed E-state index contributed by atoms with van der Waals surface area (Å²) in [6.07, 6.45) is 13.8. The molecule has 3 heterocycles. The summed E-state index contributed by atoms with van der Waals surface area (Å²) >= 11 is 0. The van der Waals surface area contributed by atoms with Gasteiger partial charge in [-0.1, -0.05) is 12.8 Å². The van der Waals surface area contributed by atoms with Crippen molar-refractivity contribution in [3.63, 3.8) is 0 Å². The highest BCUT2D eigenvalue weighted by atomic mass is 16.5. The Morgan fingerprint density at radius 3 is 2.77 bits per heavy atom. The van der Waals surface area contributed by atoms with Gasteiger partial charge < -0.3 is 15.0 Å². The molecule has 2 aromatic heterocycles. The van der Waals surface area contributed by atoms with Crippen molar-refractivity contribution in [1.82, 2.24) is 19.7 Å². The van der Waals surface area contributed by atoms with Crippen LogP contribution in [-0.4, -0.2) is 51.0 Å². The average molecular weight is 355 g/mol. The van der Waals surface area contributed by atoms with Crippen molar-refractivity contribution in [1.29, 1.82) is 0 Å². The SMILES string of the molecule is O=C(Nc1cnn(-c2ccncc2)c1)N(C[C@@H]1CCCO1)C1CCCC1. The summed E-state index contributed by atoms with van der Waals surface area (Å²) in [5.41, 5.74) is 1.61. The lowest BCUT2D eigenvalue weighted by Crippen LogP contribution is -2.45. The number of ether oxygens (including phenoxy) is 1. The van der Waals surface area contributed by atoms with Crippen LogP contribution in [0.4, 0.5) is 10.5 Å². The Bertz CT molecular complexity index is 721. The first-order valence-electron chi connectivity index (χ1n) is 9.44. The summed E-state index contributed by atoms with van der Waals surface area (Å²) in [7, 11) is 0. The minimum Gasteiger partial charge on any atom is -0.376 e. The zero-order valence-electron chi connectivity index (χ0n) is 14.9. The lowest BCUT2D eigenvalue weighted by molar-refractivity contribution is 0.0729. The smallest absolute Gasteiger partial charge is 0.322 e. The number of amides is 2. The molecule has 2 amide bonds. The van der Waals surface area contributed by atoms with Gasteiger partial charge >= 0.3 is 6.03 Å². The maximum Gasteiger partial charge on any atom is 0.322 e. The number of carbonyl (C=O) groups excluding carboxylic acids is 1. The second-order valence-electron chi connectivity index (χ2n) is 7.03. The predicted molar refractivity (Wildman–Crippen MR) is 98.3 cm³/mol. The molecule has 2 fully saturated rings. The van der Waals surface area contributed by atoms with Crippen molar-refractivity contribution < 1.29 is 9.53 Å². The summed E-state index contributed by atoms with van der Waals surface area (Å²) in [5, 5.41) is 7.35. The van der Waals surface area contributed by atoms with Crippen molar-refractivity contribution in [3.8, 4) is 5.69 Å². The number of aromatic nitrogens is 3. The second-order valence-corrected chi connectivity index (χ2v) is 7.03. The number of hydrogen-bond donors (Lipinski definition) is 1. The molecular weight excluding hydrogens is 330 g/mol. The first kappa shape index (κ1) is 17.0. The van der Waals surface area contributed by atoms with E-state index in [0.717, 1.165) is 38.0 Å². The zero-order chi connectivity index (χ0) is 17.8. The number of urea groups is 1. The van der Waals surface area contributed by atoms with E-state index in [-0.39, 0.29) is 12.1 Å². The molecule has 1 saturated carbocycles. The lowest BCUT2D eigenvalue weighted by Gasteiger charge is -2.31. The van der Waals surface area contributed by atoms with Crippen LogP contribution in [0, 0.1) is 0 Å². The molecule has 0 bridgehead atoms. The number of hydrogen-bond acceptors (Lipinski definition) is 4. The van der Waals surface area contributed by atoms with Crippen molar-refractivity contribution in [3.05, 3.63) is 36.9 Å². The first-order chi connectivity index (χ1) is 12.8. The second kappa shape index (κ2) is 7.86. The zero-order valence-corrected chi connectivity index (χ0v) is 14.9. The predicted octanol–water partition coefficient (Wildman–Crippen LogP) is 3.22. The number of rotatable bonds is 5. The van der Waals surface area contributed by atoms with Gasteiger partial charge in [-0.2, -0.15) is 5.10 Å². The van der Waals surface area contributed by atoms with Crippen LogP contribution in [0.1, 0.15) is 38.5 Å². The van der Waals surface area contributed by atoms with Gasteiger partial charge in [0.05, 0.1) is 29.9 Å². The van der Waals surface area contributed by atoms with Crippen molar-refractivity contribution in [2.45, 2.75) is 50.7 Å². The van der Waals surface area contributed by atoms with Crippen molar-refractivity contribution in [2.24, 2.45) is 0 Å². The Morgan fingerprint density at radius 2 is 2.04 bits per heavy atom. The van der Waals surface area contributed by atoms with Gasteiger partial charge in [-0.05, 0) is 37.8 Å². The normalized spacial score (nSPS) is 20.4. The summed E-state index contributed by atoms with van der Waals surface area (Å²) in [6, 6.07) is 4.01. The van der Waals surface area contributed by atoms with Gasteiger partial charge in [0.25, 0.3) is 0 Å². The molecule has 1 aliphatic carbocycles. The Balaban J connectivity index is 1.44. The Morgan fingerprint density at radius 1 is 1.23 bits per heavy atom. The maximum atomic E-state index is 12.9. The Hall–Kier alpha value is -2.41. The molecule has 138 valence electrons. The molecule has 1 atom stereocenters. The van der Waals surface area contributed by atoms with Gasteiger partial charge in [0.1, 0.15) is 0 Å². The van der Waals surface area contributed by atoms with Crippen LogP contribution in [0.15, 0.2) is 36.9 Å². The van der Waals surface area contributed by atoms with E-state index >= 15 is 0 Å². The molecule has 1 N–H and O–H groups in total. The molecular formula is C19H25N5O2. The van der Waals surface area contributed by atoms with E-state index in [1.807, 2.05) is 23.2 Å². The highest BCUT2D eigenvalue weighted by Crippen LogP contribution is 2.26. The van der Waals surface area contributed by atoms with Gasteiger partial charge in [-0.25, -0.2) is 9.48 Å². The molecule has 26 heavy (non-hydrogen) atoms. The molecule has 0 radical (unpaired) electrons. The van der Waals surface area contributed by atoms with Crippen LogP contribution in [0.25, 0.3) is 5.69 Å². The summed E-state index contributed by atoms with van der Waals surface area (Å²) < 4.78 is 7.49. The van der Waals surface area contributed by atoms with Crippen molar-refractivity contribution in [2.75, 3.05) is 18.5 Å². The van der Waals surface area contributed by atoms with E-state index in [1.54, 1.807) is 23.3 Å². The van der Waals surface area contributed by atoms with E-state index in [9.17, 15) is 4.79 Å². The maximum absolute atomic E-state index is 12.9. The average Bonchev–Trinajstić information content (AvgIpc) is 3.42. The third kappa shape index (κ3) is 3.88. The number of nitrogens with zero attached hydrogens (tertiary/aromatic N) is 4. The number of anilines is 1. The van der Waals surface area contributed by atoms with E-state index in [4.69, 9.17) is 4.74 Å². The molecule has 0 spiro atoms. The standard InChI is InChI=1S/C19H25N5O2/c25-19(22-15-12-21-24(13-15)17-7-9-20-10-8-17)23(16-4-1-2-5-16)14-18-6-3-11-26-18/h7-10,12-13,16,18H,1-6,11,14H2,(H,22,25)/t18-/m0/s1. The van der Waals surface area contributed by atoms with Crippen molar-refractivity contribution >= 4 is 11.7 Å². The minimum absolute atomic E-state index is 0.0540. The van der Waals surface area contributed by atoms with Gasteiger partial charge in [0, 0.05) is 31.6 Å². The third-order valence-corrected chi connectivity index (χ3v) is 5.21. The molecule has 0 aromatic carbocycles. The van der Waals surface area contributed by atoms with Crippen LogP contribution in [-0.2, 0) is 4.74 Å². The van der Waals surface area contributed by atoms with Gasteiger partial charge in [-0.3, -0.25) is 4.98 Å². The monoisotopic (exact) mass is 355 g/mol. The molecule has 2 aromatic rings. The highest BCUT2D eigenvalue weighted by Gasteiger charge is 2.30. The third-order valence-electron chi connectivity index (χ3n) is 5.21.